The number of halogens is 1. The highest BCUT2D eigenvalue weighted by Crippen LogP contribution is 2.46. The average molecular weight is 366 g/mol. The summed E-state index contributed by atoms with van der Waals surface area (Å²) in [4.78, 5) is 13.4. The fourth-order valence-electron chi connectivity index (χ4n) is 3.82. The molecule has 1 aromatic heterocycles. The molecule has 2 heterocycles. The van der Waals surface area contributed by atoms with Gasteiger partial charge in [0, 0.05) is 29.1 Å². The molecule has 0 bridgehead atoms. The Hall–Kier alpha value is -1.79. The van der Waals surface area contributed by atoms with Crippen LogP contribution in [0.25, 0.3) is 10.9 Å². The molecule has 1 aliphatic rings. The van der Waals surface area contributed by atoms with Crippen molar-refractivity contribution < 1.29 is 14.6 Å². The van der Waals surface area contributed by atoms with E-state index in [1.807, 2.05) is 6.07 Å². The number of aliphatic hydroxyl groups excluding tert-OH is 1. The van der Waals surface area contributed by atoms with Gasteiger partial charge in [-0.05, 0) is 36.3 Å². The number of nitrogens with zero attached hydrogens (tertiary/aromatic N) is 2. The Balaban J connectivity index is 1.82. The molecular weight excluding hydrogens is 342 g/mol. The van der Waals surface area contributed by atoms with E-state index in [2.05, 4.69) is 24.0 Å². The number of likely N-dealkylation sites (tertiary alicyclic amines) is 1. The summed E-state index contributed by atoms with van der Waals surface area (Å²) < 4.78 is 4.79. The Morgan fingerprint density at radius 1 is 1.44 bits per heavy atom. The molecule has 1 aliphatic heterocycles. The number of H-pyrrole nitrogens is 1. The van der Waals surface area contributed by atoms with Gasteiger partial charge in [-0.2, -0.15) is 5.10 Å². The van der Waals surface area contributed by atoms with Gasteiger partial charge in [0.05, 0.1) is 24.9 Å². The number of benzene rings is 1. The third kappa shape index (κ3) is 3.33. The van der Waals surface area contributed by atoms with Crippen LogP contribution in [-0.4, -0.2) is 46.5 Å². The van der Waals surface area contributed by atoms with E-state index in [4.69, 9.17) is 16.3 Å². The highest BCUT2D eigenvalue weighted by atomic mass is 35.5. The number of amides is 1. The largest absolute Gasteiger partial charge is 0.453 e. The Bertz CT molecular complexity index is 766. The molecule has 1 aromatic carbocycles. The first-order valence-corrected chi connectivity index (χ1v) is 8.86. The standard InChI is InChI=1S/C18H24ClN3O3/c1-18(2,12-4-6-22(7-5-12)17(24)25-3)16(23)14-9-13(19)8-11-10-20-21-15(11)14/h8-10,12,16,23H,4-7H2,1-3H3,(H,20,21)/t16-/m1/s1. The molecule has 1 fully saturated rings. The number of nitrogens with one attached hydrogen (secondary N) is 1. The lowest BCUT2D eigenvalue weighted by atomic mass is 9.68. The SMILES string of the molecule is COC(=O)N1CCC(C(C)(C)[C@H](O)c2cc(Cl)cc3cn[nH]c23)CC1. The summed E-state index contributed by atoms with van der Waals surface area (Å²) in [6.45, 7) is 5.42. The van der Waals surface area contributed by atoms with Crippen LogP contribution in [0.15, 0.2) is 18.3 Å². The van der Waals surface area contributed by atoms with Gasteiger partial charge in [0.15, 0.2) is 0 Å². The quantitative estimate of drug-likeness (QED) is 0.868. The zero-order valence-corrected chi connectivity index (χ0v) is 15.5. The number of fused-ring (bicyclic) bond motifs is 1. The lowest BCUT2D eigenvalue weighted by Gasteiger charge is -2.43. The Morgan fingerprint density at radius 2 is 2.12 bits per heavy atom. The van der Waals surface area contributed by atoms with Crippen LogP contribution < -0.4 is 0 Å². The van der Waals surface area contributed by atoms with Crippen molar-refractivity contribution in [1.29, 1.82) is 0 Å². The molecule has 2 aromatic rings. The molecular formula is C18H24ClN3O3. The monoisotopic (exact) mass is 365 g/mol. The number of methoxy groups -OCH3 is 1. The van der Waals surface area contributed by atoms with Gasteiger partial charge in [-0.15, -0.1) is 0 Å². The van der Waals surface area contributed by atoms with Crippen molar-refractivity contribution in [2.45, 2.75) is 32.8 Å². The second-order valence-corrected chi connectivity index (χ2v) is 7.72. The van der Waals surface area contributed by atoms with E-state index in [-0.39, 0.29) is 17.4 Å². The Morgan fingerprint density at radius 3 is 2.76 bits per heavy atom. The lowest BCUT2D eigenvalue weighted by molar-refractivity contribution is -0.0173. The van der Waals surface area contributed by atoms with E-state index in [1.54, 1.807) is 17.2 Å². The van der Waals surface area contributed by atoms with Gasteiger partial charge in [-0.3, -0.25) is 5.10 Å². The molecule has 0 spiro atoms. The number of piperidine rings is 1. The van der Waals surface area contributed by atoms with Crippen LogP contribution in [0.2, 0.25) is 5.02 Å². The van der Waals surface area contributed by atoms with Crippen LogP contribution in [0.3, 0.4) is 0 Å². The Labute approximate surface area is 152 Å². The molecule has 1 saturated heterocycles. The molecule has 6 nitrogen and oxygen atoms in total. The Kier molecular flexibility index (Phi) is 4.93. The summed E-state index contributed by atoms with van der Waals surface area (Å²) in [5, 5.41) is 19.6. The van der Waals surface area contributed by atoms with Gasteiger partial charge >= 0.3 is 6.09 Å². The van der Waals surface area contributed by atoms with Crippen LogP contribution in [-0.2, 0) is 4.74 Å². The minimum atomic E-state index is -0.691. The predicted octanol–water partition coefficient (Wildman–Crippen LogP) is 3.75. The second-order valence-electron chi connectivity index (χ2n) is 7.28. The predicted molar refractivity (Wildman–Crippen MR) is 96.5 cm³/mol. The molecule has 1 amide bonds. The van der Waals surface area contributed by atoms with E-state index in [1.165, 1.54) is 7.11 Å². The fourth-order valence-corrected chi connectivity index (χ4v) is 4.06. The van der Waals surface area contributed by atoms with Crippen LogP contribution >= 0.6 is 11.6 Å². The second kappa shape index (κ2) is 6.84. The molecule has 0 aliphatic carbocycles. The van der Waals surface area contributed by atoms with Gasteiger partial charge in [0.25, 0.3) is 0 Å². The number of aromatic nitrogens is 2. The molecule has 0 unspecified atom stereocenters. The summed E-state index contributed by atoms with van der Waals surface area (Å²) >= 11 is 6.22. The first-order valence-electron chi connectivity index (χ1n) is 8.48. The number of aliphatic hydroxyl groups is 1. The maximum atomic E-state index is 11.7. The molecule has 7 heteroatoms. The summed E-state index contributed by atoms with van der Waals surface area (Å²) in [6.07, 6.45) is 2.38. The van der Waals surface area contributed by atoms with Crippen molar-refractivity contribution in [3.05, 3.63) is 28.9 Å². The van der Waals surface area contributed by atoms with Crippen molar-refractivity contribution >= 4 is 28.6 Å². The summed E-state index contributed by atoms with van der Waals surface area (Å²) in [5.41, 5.74) is 1.21. The van der Waals surface area contributed by atoms with Crippen LogP contribution in [0, 0.1) is 11.3 Å². The topological polar surface area (TPSA) is 78.4 Å². The maximum Gasteiger partial charge on any atom is 0.409 e. The summed E-state index contributed by atoms with van der Waals surface area (Å²) in [5.74, 6) is 0.278. The molecule has 1 atom stereocenters. The van der Waals surface area contributed by atoms with Gasteiger partial charge in [0.2, 0.25) is 0 Å². The number of carbonyl (C=O) groups is 1. The first-order chi connectivity index (χ1) is 11.8. The third-order valence-corrected chi connectivity index (χ3v) is 5.74. The average Bonchev–Trinajstić information content (AvgIpc) is 3.08. The van der Waals surface area contributed by atoms with Crippen LogP contribution in [0.1, 0.15) is 38.4 Å². The summed E-state index contributed by atoms with van der Waals surface area (Å²) in [6, 6.07) is 3.64. The van der Waals surface area contributed by atoms with Crippen molar-refractivity contribution in [2.24, 2.45) is 11.3 Å². The van der Waals surface area contributed by atoms with Crippen molar-refractivity contribution in [3.8, 4) is 0 Å². The van der Waals surface area contributed by atoms with Gasteiger partial charge < -0.3 is 14.7 Å². The number of carbonyl (C=O) groups excluding carboxylic acids is 1. The number of hydrogen-bond donors (Lipinski definition) is 2. The molecule has 2 N–H and O–H groups in total. The number of hydrogen-bond acceptors (Lipinski definition) is 4. The first kappa shape index (κ1) is 18.0. The molecule has 136 valence electrons. The summed E-state index contributed by atoms with van der Waals surface area (Å²) in [7, 11) is 1.40. The minimum absolute atomic E-state index is 0.278. The highest BCUT2D eigenvalue weighted by Gasteiger charge is 2.40. The van der Waals surface area contributed by atoms with Crippen LogP contribution in [0.4, 0.5) is 4.79 Å². The van der Waals surface area contributed by atoms with Crippen LogP contribution in [0.5, 0.6) is 0 Å². The smallest absolute Gasteiger partial charge is 0.409 e. The fraction of sp³-hybridized carbons (Fsp3) is 0.556. The number of rotatable bonds is 3. The molecule has 0 saturated carbocycles. The zero-order valence-electron chi connectivity index (χ0n) is 14.8. The van der Waals surface area contributed by atoms with Crippen molar-refractivity contribution in [2.75, 3.05) is 20.2 Å². The van der Waals surface area contributed by atoms with E-state index in [0.717, 1.165) is 29.3 Å². The van der Waals surface area contributed by atoms with E-state index >= 15 is 0 Å². The number of ether oxygens (including phenoxy) is 1. The van der Waals surface area contributed by atoms with E-state index in [0.29, 0.717) is 18.1 Å². The van der Waals surface area contributed by atoms with Crippen molar-refractivity contribution in [3.63, 3.8) is 0 Å². The lowest BCUT2D eigenvalue weighted by Crippen LogP contribution is -2.43. The molecule has 25 heavy (non-hydrogen) atoms. The minimum Gasteiger partial charge on any atom is -0.453 e. The van der Waals surface area contributed by atoms with Gasteiger partial charge in [0.1, 0.15) is 0 Å². The normalized spacial score (nSPS) is 17.7. The number of aromatic amines is 1. The van der Waals surface area contributed by atoms with E-state index < -0.39 is 6.10 Å². The van der Waals surface area contributed by atoms with Crippen molar-refractivity contribution in [1.82, 2.24) is 15.1 Å². The highest BCUT2D eigenvalue weighted by molar-refractivity contribution is 6.31. The maximum absolute atomic E-state index is 11.7. The van der Waals surface area contributed by atoms with Gasteiger partial charge in [-0.25, -0.2) is 4.79 Å². The third-order valence-electron chi connectivity index (χ3n) is 5.52. The molecule has 0 radical (unpaired) electrons. The van der Waals surface area contributed by atoms with Gasteiger partial charge in [-0.1, -0.05) is 25.4 Å². The van der Waals surface area contributed by atoms with E-state index in [9.17, 15) is 9.90 Å². The molecule has 3 rings (SSSR count). The zero-order chi connectivity index (χ0) is 18.2.